The molecular weight excluding hydrogens is 385 g/mol. The Bertz CT molecular complexity index is 844. The van der Waals surface area contributed by atoms with E-state index in [0.717, 1.165) is 0 Å². The molecule has 28 heavy (non-hydrogen) atoms. The second kappa shape index (κ2) is 9.14. The minimum Gasteiger partial charge on any atom is -0.379 e. The molecule has 0 unspecified atom stereocenters. The zero-order valence-corrected chi connectivity index (χ0v) is 16.2. The van der Waals surface area contributed by atoms with E-state index in [2.05, 4.69) is 5.43 Å². The SMILES string of the molecule is C[C@@H](C(=O)NN1CCOCC1)N(C(=O)c1ccccc1)c1ccc(F)c(Cl)c1. The normalized spacial score (nSPS) is 15.7. The maximum atomic E-state index is 13.6. The lowest BCUT2D eigenvalue weighted by molar-refractivity contribution is -0.128. The largest absolute Gasteiger partial charge is 0.379 e. The molecule has 0 radical (unpaired) electrons. The molecular formula is C20H21ClFN3O3. The van der Waals surface area contributed by atoms with Crippen LogP contribution in [0.25, 0.3) is 0 Å². The van der Waals surface area contributed by atoms with Crippen molar-refractivity contribution in [2.75, 3.05) is 31.2 Å². The number of morpholine rings is 1. The molecule has 148 valence electrons. The zero-order chi connectivity index (χ0) is 20.1. The van der Waals surface area contributed by atoms with Gasteiger partial charge in [0, 0.05) is 24.3 Å². The summed E-state index contributed by atoms with van der Waals surface area (Å²) in [5.74, 6) is -1.33. The van der Waals surface area contributed by atoms with Crippen molar-refractivity contribution >= 4 is 29.1 Å². The average molecular weight is 406 g/mol. The Hall–Kier alpha value is -2.48. The zero-order valence-electron chi connectivity index (χ0n) is 15.4. The Morgan fingerprint density at radius 1 is 1.18 bits per heavy atom. The van der Waals surface area contributed by atoms with Crippen molar-refractivity contribution in [3.63, 3.8) is 0 Å². The van der Waals surface area contributed by atoms with Gasteiger partial charge in [0.2, 0.25) is 0 Å². The van der Waals surface area contributed by atoms with Crippen molar-refractivity contribution in [1.29, 1.82) is 0 Å². The number of benzene rings is 2. The summed E-state index contributed by atoms with van der Waals surface area (Å²) >= 11 is 5.91. The lowest BCUT2D eigenvalue weighted by atomic mass is 10.1. The van der Waals surface area contributed by atoms with Crippen molar-refractivity contribution in [2.45, 2.75) is 13.0 Å². The Kier molecular flexibility index (Phi) is 6.61. The van der Waals surface area contributed by atoms with Gasteiger partial charge < -0.3 is 4.74 Å². The lowest BCUT2D eigenvalue weighted by Crippen LogP contribution is -2.55. The molecule has 2 aromatic carbocycles. The third-order valence-corrected chi connectivity index (χ3v) is 4.76. The van der Waals surface area contributed by atoms with Gasteiger partial charge in [0.1, 0.15) is 11.9 Å². The summed E-state index contributed by atoms with van der Waals surface area (Å²) in [7, 11) is 0. The molecule has 1 heterocycles. The number of nitrogens with zero attached hydrogens (tertiary/aromatic N) is 2. The summed E-state index contributed by atoms with van der Waals surface area (Å²) in [6, 6.07) is 11.7. The fourth-order valence-electron chi connectivity index (χ4n) is 2.91. The highest BCUT2D eigenvalue weighted by molar-refractivity contribution is 6.31. The highest BCUT2D eigenvalue weighted by Crippen LogP contribution is 2.26. The molecule has 1 aliphatic heterocycles. The molecule has 8 heteroatoms. The minimum absolute atomic E-state index is 0.121. The van der Waals surface area contributed by atoms with Gasteiger partial charge in [0.05, 0.1) is 18.2 Å². The maximum Gasteiger partial charge on any atom is 0.259 e. The summed E-state index contributed by atoms with van der Waals surface area (Å²) in [6.45, 7) is 3.79. The predicted molar refractivity (Wildman–Crippen MR) is 105 cm³/mol. The topological polar surface area (TPSA) is 61.9 Å². The first kappa shape index (κ1) is 20.3. The molecule has 0 spiro atoms. The Balaban J connectivity index is 1.89. The van der Waals surface area contributed by atoms with Gasteiger partial charge in [-0.25, -0.2) is 9.40 Å². The van der Waals surface area contributed by atoms with Crippen molar-refractivity contribution in [1.82, 2.24) is 10.4 Å². The number of carbonyl (C=O) groups is 2. The van der Waals surface area contributed by atoms with Gasteiger partial charge in [-0.05, 0) is 37.3 Å². The van der Waals surface area contributed by atoms with Crippen LogP contribution >= 0.6 is 11.6 Å². The highest BCUT2D eigenvalue weighted by atomic mass is 35.5. The first-order valence-corrected chi connectivity index (χ1v) is 9.32. The molecule has 0 saturated carbocycles. The van der Waals surface area contributed by atoms with Gasteiger partial charge >= 0.3 is 0 Å². The molecule has 1 aliphatic rings. The first-order chi connectivity index (χ1) is 13.5. The summed E-state index contributed by atoms with van der Waals surface area (Å²) in [4.78, 5) is 27.3. The van der Waals surface area contributed by atoms with E-state index in [-0.39, 0.29) is 16.8 Å². The average Bonchev–Trinajstić information content (AvgIpc) is 2.72. The maximum absolute atomic E-state index is 13.6. The molecule has 6 nitrogen and oxygen atoms in total. The summed E-state index contributed by atoms with van der Waals surface area (Å²) < 4.78 is 18.9. The van der Waals surface area contributed by atoms with Gasteiger partial charge in [-0.2, -0.15) is 0 Å². The Labute approximate surface area is 167 Å². The molecule has 1 N–H and O–H groups in total. The van der Waals surface area contributed by atoms with E-state index in [1.165, 1.54) is 23.1 Å². The molecule has 1 atom stereocenters. The van der Waals surface area contributed by atoms with Crippen molar-refractivity contribution in [3.8, 4) is 0 Å². The lowest BCUT2D eigenvalue weighted by Gasteiger charge is -2.32. The number of carbonyl (C=O) groups excluding carboxylic acids is 2. The van der Waals surface area contributed by atoms with E-state index >= 15 is 0 Å². The Morgan fingerprint density at radius 2 is 1.86 bits per heavy atom. The van der Waals surface area contributed by atoms with E-state index in [0.29, 0.717) is 37.6 Å². The van der Waals surface area contributed by atoms with E-state index in [9.17, 15) is 14.0 Å². The number of anilines is 1. The summed E-state index contributed by atoms with van der Waals surface area (Å²) in [6.07, 6.45) is 0. The third-order valence-electron chi connectivity index (χ3n) is 4.47. The molecule has 2 amide bonds. The highest BCUT2D eigenvalue weighted by Gasteiger charge is 2.30. The van der Waals surface area contributed by atoms with Crippen LogP contribution in [0.4, 0.5) is 10.1 Å². The number of rotatable bonds is 5. The quantitative estimate of drug-likeness (QED) is 0.831. The molecule has 3 rings (SSSR count). The summed E-state index contributed by atoms with van der Waals surface area (Å²) in [5, 5.41) is 1.63. The van der Waals surface area contributed by atoms with Crippen LogP contribution in [-0.2, 0) is 9.53 Å². The predicted octanol–water partition coefficient (Wildman–Crippen LogP) is 2.88. The molecule has 1 saturated heterocycles. The van der Waals surface area contributed by atoms with E-state index in [1.807, 2.05) is 0 Å². The fraction of sp³-hybridized carbons (Fsp3) is 0.300. The third kappa shape index (κ3) is 4.67. The van der Waals surface area contributed by atoms with E-state index < -0.39 is 11.9 Å². The van der Waals surface area contributed by atoms with Crippen LogP contribution in [0.15, 0.2) is 48.5 Å². The van der Waals surface area contributed by atoms with Crippen LogP contribution in [0, 0.1) is 5.82 Å². The molecule has 0 bridgehead atoms. The second-order valence-corrected chi connectivity index (χ2v) is 6.80. The van der Waals surface area contributed by atoms with E-state index in [1.54, 1.807) is 42.3 Å². The van der Waals surface area contributed by atoms with Gasteiger partial charge in [-0.15, -0.1) is 0 Å². The number of hydrogen-bond acceptors (Lipinski definition) is 4. The van der Waals surface area contributed by atoms with Crippen LogP contribution in [0.1, 0.15) is 17.3 Å². The van der Waals surface area contributed by atoms with Gasteiger partial charge in [-0.1, -0.05) is 29.8 Å². The van der Waals surface area contributed by atoms with Crippen LogP contribution in [-0.4, -0.2) is 49.2 Å². The van der Waals surface area contributed by atoms with Crippen molar-refractivity contribution in [3.05, 3.63) is 64.9 Å². The number of hydrazine groups is 1. The van der Waals surface area contributed by atoms with Crippen molar-refractivity contribution < 1.29 is 18.7 Å². The standard InChI is InChI=1S/C20H21ClFN3O3/c1-14(19(26)23-24-9-11-28-12-10-24)25(16-7-8-18(22)17(21)13-16)20(27)15-5-3-2-4-6-15/h2-8,13-14H,9-12H2,1H3,(H,23,26)/t14-/m0/s1. The number of hydrogen-bond donors (Lipinski definition) is 1. The first-order valence-electron chi connectivity index (χ1n) is 8.94. The summed E-state index contributed by atoms with van der Waals surface area (Å²) in [5.41, 5.74) is 3.56. The second-order valence-electron chi connectivity index (χ2n) is 6.39. The van der Waals surface area contributed by atoms with Crippen LogP contribution < -0.4 is 10.3 Å². The van der Waals surface area contributed by atoms with Crippen LogP contribution in [0.2, 0.25) is 5.02 Å². The van der Waals surface area contributed by atoms with Crippen molar-refractivity contribution in [2.24, 2.45) is 0 Å². The van der Waals surface area contributed by atoms with Crippen LogP contribution in [0.5, 0.6) is 0 Å². The van der Waals surface area contributed by atoms with Crippen LogP contribution in [0.3, 0.4) is 0 Å². The molecule has 2 aromatic rings. The number of amides is 2. The van der Waals surface area contributed by atoms with Gasteiger partial charge in [0.15, 0.2) is 0 Å². The Morgan fingerprint density at radius 3 is 2.50 bits per heavy atom. The van der Waals surface area contributed by atoms with Gasteiger partial charge in [-0.3, -0.25) is 19.9 Å². The molecule has 0 aromatic heterocycles. The molecule has 1 fully saturated rings. The number of nitrogens with one attached hydrogen (secondary N) is 1. The minimum atomic E-state index is -0.850. The van der Waals surface area contributed by atoms with Gasteiger partial charge in [0.25, 0.3) is 11.8 Å². The molecule has 0 aliphatic carbocycles. The fourth-order valence-corrected chi connectivity index (χ4v) is 3.09. The monoisotopic (exact) mass is 405 g/mol. The van der Waals surface area contributed by atoms with E-state index in [4.69, 9.17) is 16.3 Å². The number of ether oxygens (including phenoxy) is 1. The smallest absolute Gasteiger partial charge is 0.259 e. The number of halogens is 2.